The van der Waals surface area contributed by atoms with Crippen molar-refractivity contribution in [2.45, 2.75) is 194 Å². The van der Waals surface area contributed by atoms with Crippen molar-refractivity contribution < 1.29 is 9.59 Å². The van der Waals surface area contributed by atoms with E-state index >= 15 is 0 Å². The van der Waals surface area contributed by atoms with Gasteiger partial charge in [-0.25, -0.2) is 0 Å². The maximum Gasteiger partial charge on any atom is 0.138 e. The highest BCUT2D eigenvalue weighted by molar-refractivity contribution is 5.94. The Morgan fingerprint density at radius 2 is 0.818 bits per heavy atom. The van der Waals surface area contributed by atoms with Gasteiger partial charge in [-0.3, -0.25) is 9.59 Å². The molecule has 1 radical (unpaired) electrons. The molecule has 0 rings (SSSR count). The molecule has 0 bridgehead atoms. The molecule has 3 heteroatoms. The Morgan fingerprint density at radius 1 is 0.477 bits per heavy atom. The lowest BCUT2D eigenvalue weighted by Gasteiger charge is -2.19. The lowest BCUT2D eigenvalue weighted by atomic mass is 9.91. The molecule has 3 nitrogen and oxygen atoms in total. The molecule has 0 heterocycles. The second-order valence-electron chi connectivity index (χ2n) is 13.6. The van der Waals surface area contributed by atoms with Crippen molar-refractivity contribution in [2.75, 3.05) is 20.6 Å². The van der Waals surface area contributed by atoms with E-state index in [-0.39, 0.29) is 17.5 Å². The molecule has 0 amide bonds. The van der Waals surface area contributed by atoms with Crippen LogP contribution in [0, 0.1) is 12.3 Å². The molecule has 1 unspecified atom stereocenters. The van der Waals surface area contributed by atoms with Gasteiger partial charge in [-0.15, -0.1) is 0 Å². The molecule has 0 aromatic carbocycles. The molecule has 0 aliphatic carbocycles. The van der Waals surface area contributed by atoms with Crippen LogP contribution in [-0.2, 0) is 9.59 Å². The van der Waals surface area contributed by atoms with Gasteiger partial charge in [0, 0.05) is 31.7 Å². The molecule has 0 saturated heterocycles. The average Bonchev–Trinajstić information content (AvgIpc) is 3.00. The van der Waals surface area contributed by atoms with Crippen LogP contribution in [0.3, 0.4) is 0 Å². The van der Waals surface area contributed by atoms with Crippen molar-refractivity contribution >= 4 is 11.6 Å². The topological polar surface area (TPSA) is 37.4 Å². The zero-order chi connectivity index (χ0) is 32.4. The Morgan fingerprint density at radius 3 is 1.20 bits per heavy atom. The Kier molecular flexibility index (Phi) is 33.7. The monoisotopic (exact) mass is 615 g/mol. The predicted octanol–water partition coefficient (Wildman–Crippen LogP) is 12.6. The van der Waals surface area contributed by atoms with Gasteiger partial charge < -0.3 is 4.90 Å². The summed E-state index contributed by atoms with van der Waals surface area (Å²) in [4.78, 5) is 27.6. The standard InChI is InChI=1S/C41H76NO2/c1-5-7-9-11-13-15-17-19-21-23-25-27-29-31-33-35-40(43)37-39(38-42(3)4)41(44)36-34-32-30-28-26-24-22-20-18-16-14-12-10-8-6-2/h19-22,37,39H,5-18,23-36,38H2,1-4H3/b21-19-,22-20-. The SMILES string of the molecule is CCCCCCCC/C=C\CCCCCCCC(=O)[CH]C(CN(C)C)C(=O)CCCCCCC/C=C\CCCCCCCC. The molecule has 0 N–H and O–H groups in total. The Bertz CT molecular complexity index is 680. The van der Waals surface area contributed by atoms with Gasteiger partial charge in [0.2, 0.25) is 0 Å². The minimum absolute atomic E-state index is 0.160. The minimum atomic E-state index is -0.252. The van der Waals surface area contributed by atoms with Crippen molar-refractivity contribution in [3.05, 3.63) is 30.7 Å². The van der Waals surface area contributed by atoms with E-state index in [4.69, 9.17) is 0 Å². The summed E-state index contributed by atoms with van der Waals surface area (Å²) in [5, 5.41) is 0. The highest BCUT2D eigenvalue weighted by Crippen LogP contribution is 2.16. The van der Waals surface area contributed by atoms with Gasteiger partial charge in [-0.2, -0.15) is 0 Å². The third-order valence-corrected chi connectivity index (χ3v) is 8.73. The van der Waals surface area contributed by atoms with Gasteiger partial charge in [0.1, 0.15) is 11.6 Å². The molecule has 0 aliphatic heterocycles. The van der Waals surface area contributed by atoms with E-state index in [1.54, 1.807) is 6.42 Å². The number of hydrogen-bond donors (Lipinski definition) is 0. The molecule has 0 fully saturated rings. The van der Waals surface area contributed by atoms with E-state index in [0.29, 0.717) is 19.4 Å². The van der Waals surface area contributed by atoms with Crippen LogP contribution in [0.4, 0.5) is 0 Å². The number of hydrogen-bond acceptors (Lipinski definition) is 3. The van der Waals surface area contributed by atoms with E-state index in [1.807, 2.05) is 19.0 Å². The van der Waals surface area contributed by atoms with Crippen molar-refractivity contribution in [1.29, 1.82) is 0 Å². The van der Waals surface area contributed by atoms with Gasteiger partial charge in [-0.05, 0) is 78.3 Å². The van der Waals surface area contributed by atoms with E-state index in [2.05, 4.69) is 38.2 Å². The van der Waals surface area contributed by atoms with Gasteiger partial charge in [0.05, 0.1) is 0 Å². The van der Waals surface area contributed by atoms with Crippen LogP contribution >= 0.6 is 0 Å². The zero-order valence-electron chi connectivity index (χ0n) is 30.2. The summed E-state index contributed by atoms with van der Waals surface area (Å²) >= 11 is 0. The third-order valence-electron chi connectivity index (χ3n) is 8.73. The minimum Gasteiger partial charge on any atom is -0.309 e. The average molecular weight is 615 g/mol. The molecule has 0 aromatic rings. The Hall–Kier alpha value is -1.22. The molecule has 0 aromatic heterocycles. The lowest BCUT2D eigenvalue weighted by Crippen LogP contribution is -2.30. The maximum absolute atomic E-state index is 12.9. The van der Waals surface area contributed by atoms with Gasteiger partial charge in [0.15, 0.2) is 0 Å². The first kappa shape index (κ1) is 42.8. The Labute approximate surface area is 276 Å². The number of allylic oxidation sites excluding steroid dienone is 4. The fourth-order valence-electron chi connectivity index (χ4n) is 5.87. The normalized spacial score (nSPS) is 12.7. The summed E-state index contributed by atoms with van der Waals surface area (Å²) < 4.78 is 0. The number of rotatable bonds is 35. The fourth-order valence-corrected chi connectivity index (χ4v) is 5.87. The number of unbranched alkanes of at least 4 members (excludes halogenated alkanes) is 22. The van der Waals surface area contributed by atoms with E-state index in [9.17, 15) is 9.59 Å². The first-order valence-electron chi connectivity index (χ1n) is 19.4. The summed E-state index contributed by atoms with van der Waals surface area (Å²) in [6.07, 6.45) is 45.2. The predicted molar refractivity (Wildman–Crippen MR) is 195 cm³/mol. The van der Waals surface area contributed by atoms with Gasteiger partial charge >= 0.3 is 0 Å². The van der Waals surface area contributed by atoms with Crippen LogP contribution in [0.25, 0.3) is 0 Å². The molecular formula is C41H76NO2. The van der Waals surface area contributed by atoms with E-state index in [0.717, 1.165) is 25.7 Å². The number of carbonyl (C=O) groups excluding carboxylic acids is 2. The van der Waals surface area contributed by atoms with Crippen LogP contribution in [0.1, 0.15) is 194 Å². The van der Waals surface area contributed by atoms with Gasteiger partial charge in [-0.1, -0.05) is 141 Å². The summed E-state index contributed by atoms with van der Waals surface area (Å²) in [5.74, 6) is 0.152. The molecule has 0 saturated carbocycles. The number of carbonyl (C=O) groups is 2. The van der Waals surface area contributed by atoms with Crippen molar-refractivity contribution in [3.8, 4) is 0 Å². The lowest BCUT2D eigenvalue weighted by molar-refractivity contribution is -0.125. The molecule has 44 heavy (non-hydrogen) atoms. The fraction of sp³-hybridized carbons (Fsp3) is 0.829. The first-order chi connectivity index (χ1) is 21.5. The highest BCUT2D eigenvalue weighted by Gasteiger charge is 2.22. The molecule has 0 aliphatic rings. The summed E-state index contributed by atoms with van der Waals surface area (Å²) in [6, 6.07) is 0. The van der Waals surface area contributed by atoms with Crippen LogP contribution < -0.4 is 0 Å². The quantitative estimate of drug-likeness (QED) is 0.0526. The van der Waals surface area contributed by atoms with Crippen molar-refractivity contribution in [2.24, 2.45) is 5.92 Å². The summed E-state index contributed by atoms with van der Waals surface area (Å²) in [7, 11) is 3.98. The van der Waals surface area contributed by atoms with Crippen molar-refractivity contribution in [1.82, 2.24) is 4.90 Å². The smallest absolute Gasteiger partial charge is 0.138 e. The highest BCUT2D eigenvalue weighted by atomic mass is 16.1. The molecular weight excluding hydrogens is 538 g/mol. The number of ketones is 2. The van der Waals surface area contributed by atoms with E-state index < -0.39 is 0 Å². The van der Waals surface area contributed by atoms with Crippen LogP contribution in [0.15, 0.2) is 24.3 Å². The van der Waals surface area contributed by atoms with Crippen LogP contribution in [-0.4, -0.2) is 37.1 Å². The number of Topliss-reactive ketones (excluding diaryl/α,β-unsaturated/α-hetero) is 2. The van der Waals surface area contributed by atoms with Gasteiger partial charge in [0.25, 0.3) is 0 Å². The summed E-state index contributed by atoms with van der Waals surface area (Å²) in [5.41, 5.74) is 0. The Balaban J connectivity index is 3.83. The van der Waals surface area contributed by atoms with Crippen molar-refractivity contribution in [3.63, 3.8) is 0 Å². The zero-order valence-corrected chi connectivity index (χ0v) is 30.2. The number of nitrogens with zero attached hydrogens (tertiary/aromatic N) is 1. The molecule has 257 valence electrons. The van der Waals surface area contributed by atoms with Crippen LogP contribution in [0.2, 0.25) is 0 Å². The largest absolute Gasteiger partial charge is 0.309 e. The maximum atomic E-state index is 12.9. The third kappa shape index (κ3) is 32.2. The van der Waals surface area contributed by atoms with E-state index in [1.165, 1.54) is 141 Å². The second-order valence-corrected chi connectivity index (χ2v) is 13.6. The first-order valence-corrected chi connectivity index (χ1v) is 19.4. The van der Waals surface area contributed by atoms with Crippen LogP contribution in [0.5, 0.6) is 0 Å². The second kappa shape index (κ2) is 34.6. The molecule has 0 spiro atoms. The molecule has 1 atom stereocenters. The summed E-state index contributed by atoms with van der Waals surface area (Å²) in [6.45, 7) is 5.18.